The molecule has 16 rings (SSSR count). The summed E-state index contributed by atoms with van der Waals surface area (Å²) in [4.78, 5) is 5.09. The lowest BCUT2D eigenvalue weighted by atomic mass is 9.65. The van der Waals surface area contributed by atoms with E-state index in [4.69, 9.17) is 4.74 Å². The zero-order chi connectivity index (χ0) is 50.2. The van der Waals surface area contributed by atoms with Crippen molar-refractivity contribution in [2.24, 2.45) is 0 Å². The van der Waals surface area contributed by atoms with Gasteiger partial charge in [-0.2, -0.15) is 0 Å². The standard InChI is InChI=1S/C71H46N2OS2/c1-43-33-37-45(38-34-43)72(59-27-15-23-53-49-19-7-13-31-65(49)75-69(53)59)61-41-57-67(51-21-5-3-17-47(51)61)68-52-22-6-4-18-48(52)62(42-58(68)71(57)55-25-9-11-29-63(55)74-64-30-12-10-26-56(64)71)73(46-39-35-44(2)36-40-46)60-28-16-24-54-50-20-8-14-32-66(50)76-70(54)60/h3-42H,1-2H3. The molecule has 1 spiro atoms. The van der Waals surface area contributed by atoms with Crippen LogP contribution >= 0.6 is 22.7 Å². The lowest BCUT2D eigenvalue weighted by molar-refractivity contribution is 0.436. The maximum Gasteiger partial charge on any atom is 0.132 e. The summed E-state index contributed by atoms with van der Waals surface area (Å²) in [6.07, 6.45) is 0. The molecular weight excluding hydrogens is 961 g/mol. The van der Waals surface area contributed by atoms with Gasteiger partial charge in [0.25, 0.3) is 0 Å². The monoisotopic (exact) mass is 1010 g/mol. The first-order valence-corrected chi connectivity index (χ1v) is 27.7. The van der Waals surface area contributed by atoms with Gasteiger partial charge in [0.15, 0.2) is 0 Å². The second-order valence-electron chi connectivity index (χ2n) is 20.4. The molecule has 0 saturated carbocycles. The van der Waals surface area contributed by atoms with Gasteiger partial charge in [0, 0.05) is 64.2 Å². The molecule has 0 bridgehead atoms. The Morgan fingerprint density at radius 1 is 0.316 bits per heavy atom. The third-order valence-electron chi connectivity index (χ3n) is 16.2. The molecule has 12 aromatic carbocycles. The van der Waals surface area contributed by atoms with Gasteiger partial charge in [-0.3, -0.25) is 0 Å². The fraction of sp³-hybridized carbons (Fsp3) is 0.0423. The van der Waals surface area contributed by atoms with Crippen LogP contribution in [0.3, 0.4) is 0 Å². The molecule has 0 fully saturated rings. The summed E-state index contributed by atoms with van der Waals surface area (Å²) in [5, 5.41) is 9.87. The largest absolute Gasteiger partial charge is 0.457 e. The molecule has 76 heavy (non-hydrogen) atoms. The molecule has 0 atom stereocenters. The van der Waals surface area contributed by atoms with Crippen LogP contribution in [0.15, 0.2) is 243 Å². The van der Waals surface area contributed by atoms with E-state index < -0.39 is 5.41 Å². The highest BCUT2D eigenvalue weighted by atomic mass is 32.1. The minimum atomic E-state index is -0.821. The van der Waals surface area contributed by atoms with Crippen molar-refractivity contribution in [3.05, 3.63) is 276 Å². The lowest BCUT2D eigenvalue weighted by Crippen LogP contribution is -2.32. The van der Waals surface area contributed by atoms with Crippen molar-refractivity contribution in [1.29, 1.82) is 0 Å². The number of anilines is 6. The second kappa shape index (κ2) is 16.5. The Labute approximate surface area is 448 Å². The van der Waals surface area contributed by atoms with Crippen molar-refractivity contribution in [2.75, 3.05) is 9.80 Å². The van der Waals surface area contributed by atoms with Gasteiger partial charge >= 0.3 is 0 Å². The summed E-state index contributed by atoms with van der Waals surface area (Å²) >= 11 is 3.75. The Bertz CT molecular complexity index is 4420. The van der Waals surface area contributed by atoms with Crippen molar-refractivity contribution in [1.82, 2.24) is 0 Å². The van der Waals surface area contributed by atoms with Crippen LogP contribution in [0.25, 0.3) is 73.0 Å². The van der Waals surface area contributed by atoms with Gasteiger partial charge in [-0.1, -0.05) is 181 Å². The van der Waals surface area contributed by atoms with Crippen LogP contribution in [-0.4, -0.2) is 0 Å². The Hall–Kier alpha value is -9.00. The van der Waals surface area contributed by atoms with Gasteiger partial charge < -0.3 is 14.5 Å². The predicted octanol–water partition coefficient (Wildman–Crippen LogP) is 20.8. The number of hydrogen-bond acceptors (Lipinski definition) is 5. The molecule has 358 valence electrons. The molecule has 0 unspecified atom stereocenters. The quantitative estimate of drug-likeness (QED) is 0.165. The van der Waals surface area contributed by atoms with Crippen molar-refractivity contribution >= 4 is 119 Å². The number of aryl methyl sites for hydroxylation is 2. The van der Waals surface area contributed by atoms with Crippen molar-refractivity contribution in [3.63, 3.8) is 0 Å². The van der Waals surface area contributed by atoms with E-state index in [9.17, 15) is 0 Å². The van der Waals surface area contributed by atoms with Crippen LogP contribution < -0.4 is 14.5 Å². The highest BCUT2D eigenvalue weighted by Gasteiger charge is 2.53. The highest BCUT2D eigenvalue weighted by Crippen LogP contribution is 2.67. The molecule has 1 aliphatic carbocycles. The number of rotatable bonds is 6. The summed E-state index contributed by atoms with van der Waals surface area (Å²) in [6.45, 7) is 4.35. The number of fused-ring (bicyclic) bond motifs is 19. The summed E-state index contributed by atoms with van der Waals surface area (Å²) in [7, 11) is 0. The average molecular weight is 1010 g/mol. The number of benzene rings is 12. The fourth-order valence-corrected chi connectivity index (χ4v) is 15.4. The first-order chi connectivity index (χ1) is 37.5. The topological polar surface area (TPSA) is 15.7 Å². The molecule has 0 amide bonds. The molecule has 2 aliphatic rings. The molecule has 0 N–H and O–H groups in total. The van der Waals surface area contributed by atoms with Crippen LogP contribution in [0.1, 0.15) is 33.4 Å². The molecule has 14 aromatic rings. The predicted molar refractivity (Wildman–Crippen MR) is 323 cm³/mol. The third kappa shape index (κ3) is 6.10. The van der Waals surface area contributed by atoms with Crippen LogP contribution in [-0.2, 0) is 5.41 Å². The molecule has 2 aromatic heterocycles. The van der Waals surface area contributed by atoms with Gasteiger partial charge in [0.1, 0.15) is 11.5 Å². The average Bonchev–Trinajstić information content (AvgIpc) is 4.33. The minimum absolute atomic E-state index is 0.821. The smallest absolute Gasteiger partial charge is 0.132 e. The number of thiophene rings is 2. The second-order valence-corrected chi connectivity index (χ2v) is 22.5. The molecule has 3 nitrogen and oxygen atoms in total. The lowest BCUT2D eigenvalue weighted by Gasteiger charge is -2.40. The zero-order valence-corrected chi connectivity index (χ0v) is 43.3. The van der Waals surface area contributed by atoms with E-state index in [1.165, 1.54) is 95.3 Å². The summed E-state index contributed by atoms with van der Waals surface area (Å²) in [5.74, 6) is 1.72. The van der Waals surface area contributed by atoms with E-state index in [-0.39, 0.29) is 0 Å². The Morgan fingerprint density at radius 3 is 1.13 bits per heavy atom. The molecular formula is C71H46N2OS2. The van der Waals surface area contributed by atoms with Gasteiger partial charge in [-0.05, 0) is 120 Å². The van der Waals surface area contributed by atoms with E-state index in [0.29, 0.717) is 0 Å². The van der Waals surface area contributed by atoms with Crippen molar-refractivity contribution in [2.45, 2.75) is 19.3 Å². The number of nitrogens with zero attached hydrogens (tertiary/aromatic N) is 2. The minimum Gasteiger partial charge on any atom is -0.457 e. The number of para-hydroxylation sites is 2. The SMILES string of the molecule is Cc1ccc(N(c2cc3c(c4ccccc24)-c2c(cc(N(c4ccc(C)cc4)c4cccc5c4sc4ccccc45)c4ccccc24)C32c3ccccc3Oc3ccccc32)c2cccc3c2sc2ccccc23)cc1. The number of hydrogen-bond donors (Lipinski definition) is 0. The van der Waals surface area contributed by atoms with Gasteiger partial charge in [-0.15, -0.1) is 22.7 Å². The summed E-state index contributed by atoms with van der Waals surface area (Å²) in [6, 6.07) is 90.6. The molecule has 5 heteroatoms. The molecule has 1 aliphatic heterocycles. The third-order valence-corrected chi connectivity index (χ3v) is 18.6. The highest BCUT2D eigenvalue weighted by molar-refractivity contribution is 7.26. The van der Waals surface area contributed by atoms with E-state index in [1.807, 2.05) is 22.7 Å². The van der Waals surface area contributed by atoms with Crippen LogP contribution in [0.2, 0.25) is 0 Å². The maximum atomic E-state index is 7.06. The maximum absolute atomic E-state index is 7.06. The first-order valence-electron chi connectivity index (χ1n) is 26.1. The van der Waals surface area contributed by atoms with Crippen molar-refractivity contribution < 1.29 is 4.74 Å². The molecule has 3 heterocycles. The van der Waals surface area contributed by atoms with Gasteiger partial charge in [0.05, 0.1) is 37.6 Å². The normalized spacial score (nSPS) is 13.1. The van der Waals surface area contributed by atoms with E-state index in [1.54, 1.807) is 0 Å². The molecule has 0 radical (unpaired) electrons. The Kier molecular flexibility index (Phi) is 9.42. The van der Waals surface area contributed by atoms with Crippen molar-refractivity contribution in [3.8, 4) is 22.6 Å². The van der Waals surface area contributed by atoms with Crippen LogP contribution in [0.5, 0.6) is 11.5 Å². The summed E-state index contributed by atoms with van der Waals surface area (Å²) in [5.41, 5.74) is 15.6. The molecule has 0 saturated heterocycles. The van der Waals surface area contributed by atoms with Crippen LogP contribution in [0.4, 0.5) is 34.1 Å². The fourth-order valence-electron chi connectivity index (χ4n) is 13.0. The van der Waals surface area contributed by atoms with E-state index in [0.717, 1.165) is 56.8 Å². The van der Waals surface area contributed by atoms with E-state index in [2.05, 4.69) is 266 Å². The van der Waals surface area contributed by atoms with Crippen LogP contribution in [0, 0.1) is 13.8 Å². The Balaban J connectivity index is 1.07. The zero-order valence-electron chi connectivity index (χ0n) is 41.7. The van der Waals surface area contributed by atoms with E-state index >= 15 is 0 Å². The van der Waals surface area contributed by atoms with Gasteiger partial charge in [-0.25, -0.2) is 0 Å². The first kappa shape index (κ1) is 43.4. The summed E-state index contributed by atoms with van der Waals surface area (Å²) < 4.78 is 12.1. The number of ether oxygens (including phenoxy) is 1. The van der Waals surface area contributed by atoms with Gasteiger partial charge in [0.2, 0.25) is 0 Å². The Morgan fingerprint density at radius 2 is 0.684 bits per heavy atom.